The molecule has 8 nitrogen and oxygen atoms in total. The topological polar surface area (TPSA) is 117 Å². The molecule has 0 aromatic carbocycles. The second-order valence-electron chi connectivity index (χ2n) is 17.0. The lowest BCUT2D eigenvalue weighted by Gasteiger charge is -2.63. The first-order valence-electron chi connectivity index (χ1n) is 17.1. The molecule has 236 valence electrons. The van der Waals surface area contributed by atoms with Gasteiger partial charge in [-0.1, -0.05) is 41.5 Å². The number of carbonyl (C=O) groups excluding carboxylic acids is 2. The van der Waals surface area contributed by atoms with Crippen molar-refractivity contribution in [2.45, 2.75) is 136 Å². The molecule has 2 aliphatic heterocycles. The Morgan fingerprint density at radius 1 is 1.00 bits per heavy atom. The van der Waals surface area contributed by atoms with Gasteiger partial charge in [0.2, 0.25) is 0 Å². The first kappa shape index (κ1) is 29.2. The number of rotatable bonds is 4. The molecule has 8 heteroatoms. The Morgan fingerprint density at radius 3 is 2.33 bits per heavy atom. The highest BCUT2D eigenvalue weighted by Crippen LogP contribution is 2.87. The van der Waals surface area contributed by atoms with Crippen LogP contribution in [0.3, 0.4) is 0 Å². The second-order valence-corrected chi connectivity index (χ2v) is 17.0. The zero-order chi connectivity index (χ0) is 30.0. The number of hydrogen-bond acceptors (Lipinski definition) is 6. The van der Waals surface area contributed by atoms with Gasteiger partial charge in [0.1, 0.15) is 12.2 Å². The van der Waals surface area contributed by atoms with Crippen LogP contribution < -0.4 is 11.5 Å². The molecule has 0 radical (unpaired) electrons. The van der Waals surface area contributed by atoms with Crippen molar-refractivity contribution in [2.24, 2.45) is 62.7 Å². The Kier molecular flexibility index (Phi) is 6.42. The summed E-state index contributed by atoms with van der Waals surface area (Å²) >= 11 is 0. The van der Waals surface area contributed by atoms with Crippen LogP contribution >= 0.6 is 0 Å². The van der Waals surface area contributed by atoms with Gasteiger partial charge in [-0.05, 0) is 110 Å². The molecule has 42 heavy (non-hydrogen) atoms. The van der Waals surface area contributed by atoms with Gasteiger partial charge < -0.3 is 30.6 Å². The summed E-state index contributed by atoms with van der Waals surface area (Å²) in [5.74, 6) is 2.05. The molecule has 5 aliphatic carbocycles. The summed E-state index contributed by atoms with van der Waals surface area (Å²) < 4.78 is 18.7. The van der Waals surface area contributed by atoms with Crippen LogP contribution in [0, 0.1) is 51.2 Å². The number of hydrogen-bond donors (Lipinski definition) is 2. The van der Waals surface area contributed by atoms with Crippen molar-refractivity contribution in [1.29, 1.82) is 0 Å². The molecule has 12 unspecified atom stereocenters. The molecule has 7 rings (SSSR count). The van der Waals surface area contributed by atoms with Crippen LogP contribution in [0.4, 0.5) is 9.59 Å². The Morgan fingerprint density at radius 2 is 1.69 bits per heavy atom. The summed E-state index contributed by atoms with van der Waals surface area (Å²) in [4.78, 5) is 26.4. The van der Waals surface area contributed by atoms with Gasteiger partial charge in [-0.25, -0.2) is 9.59 Å². The molecule has 2 spiro atoms. The average molecular weight is 586 g/mol. The van der Waals surface area contributed by atoms with Crippen molar-refractivity contribution in [3.05, 3.63) is 0 Å². The van der Waals surface area contributed by atoms with E-state index in [1.54, 1.807) is 0 Å². The lowest BCUT2D eigenvalue weighted by atomic mass is 9.44. The summed E-state index contributed by atoms with van der Waals surface area (Å²) in [6, 6.07) is 0. The number of likely N-dealkylation sites (tertiary alicyclic amines) is 1. The fourth-order valence-electron chi connectivity index (χ4n) is 12.8. The third-order valence-corrected chi connectivity index (χ3v) is 14.8. The molecular weight excluding hydrogens is 530 g/mol. The number of carbonyl (C=O) groups is 2. The monoisotopic (exact) mass is 585 g/mol. The maximum atomic E-state index is 12.8. The number of fused-ring (bicyclic) bond motifs is 4. The smallest absolute Gasteiger partial charge is 0.410 e. The molecule has 4 N–H and O–H groups in total. The summed E-state index contributed by atoms with van der Waals surface area (Å²) in [6.07, 6.45) is 9.78. The van der Waals surface area contributed by atoms with Crippen LogP contribution in [0.15, 0.2) is 0 Å². The molecule has 0 aromatic rings. The zero-order valence-electron chi connectivity index (χ0n) is 26.8. The predicted molar refractivity (Wildman–Crippen MR) is 159 cm³/mol. The van der Waals surface area contributed by atoms with Gasteiger partial charge in [-0.2, -0.15) is 0 Å². The second kappa shape index (κ2) is 9.24. The molecule has 0 aromatic heterocycles. The van der Waals surface area contributed by atoms with E-state index in [9.17, 15) is 9.59 Å². The van der Waals surface area contributed by atoms with Gasteiger partial charge in [0.15, 0.2) is 0 Å². The lowest BCUT2D eigenvalue weighted by Crippen LogP contribution is -2.66. The molecule has 2 amide bonds. The molecule has 2 saturated heterocycles. The van der Waals surface area contributed by atoms with Crippen LogP contribution in [0.2, 0.25) is 0 Å². The first-order valence-corrected chi connectivity index (χ1v) is 17.1. The van der Waals surface area contributed by atoms with Gasteiger partial charge in [0, 0.05) is 24.0 Å². The van der Waals surface area contributed by atoms with Gasteiger partial charge in [0.25, 0.3) is 0 Å². The third-order valence-electron chi connectivity index (χ3n) is 14.8. The average Bonchev–Trinajstić information content (AvgIpc) is 3.46. The Bertz CT molecular complexity index is 1140. The van der Waals surface area contributed by atoms with Crippen LogP contribution in [0.1, 0.15) is 106 Å². The minimum atomic E-state index is -0.722. The largest absolute Gasteiger partial charge is 0.446 e. The first-order chi connectivity index (χ1) is 19.7. The van der Waals surface area contributed by atoms with E-state index in [2.05, 4.69) is 41.5 Å². The zero-order valence-corrected chi connectivity index (χ0v) is 26.8. The molecule has 0 bridgehead atoms. The van der Waals surface area contributed by atoms with E-state index in [1.165, 1.54) is 19.3 Å². The van der Waals surface area contributed by atoms with E-state index in [1.807, 2.05) is 4.90 Å². The molecule has 12 atom stereocenters. The van der Waals surface area contributed by atoms with Gasteiger partial charge in [-0.15, -0.1) is 0 Å². The maximum Gasteiger partial charge on any atom is 0.410 e. The number of amides is 2. The van der Waals surface area contributed by atoms with Crippen molar-refractivity contribution < 1.29 is 23.8 Å². The summed E-state index contributed by atoms with van der Waals surface area (Å²) in [5.41, 5.74) is 13.7. The quantitative estimate of drug-likeness (QED) is 0.427. The van der Waals surface area contributed by atoms with E-state index >= 15 is 0 Å². The summed E-state index contributed by atoms with van der Waals surface area (Å²) in [6.45, 7) is 15.4. The van der Waals surface area contributed by atoms with E-state index in [-0.39, 0.29) is 52.8 Å². The lowest BCUT2D eigenvalue weighted by molar-refractivity contribution is -0.167. The van der Waals surface area contributed by atoms with Gasteiger partial charge in [0.05, 0.1) is 12.2 Å². The standard InChI is InChI=1S/C34H55N3O5/c1-19(2)27(42-28(35)38)21-16-20(3)26-22(40-21)17-34(36)24-9-8-23-30(4,5)25(41-29(39)37-14-7-15-37)10-11-32(23)18-33(24,32)13-12-31(26,34)6/h19-27H,7-18,36H2,1-6H3,(H2,35,38). The highest BCUT2D eigenvalue weighted by Gasteiger charge is 2.83. The fraction of sp³-hybridized carbons (Fsp3) is 0.941. The molecular formula is C34H55N3O5. The van der Waals surface area contributed by atoms with Gasteiger partial charge >= 0.3 is 12.2 Å². The minimum absolute atomic E-state index is 0.00632. The number of nitrogens with two attached hydrogens (primary N) is 2. The Hall–Kier alpha value is -1.54. The predicted octanol–water partition coefficient (Wildman–Crippen LogP) is 5.85. The third kappa shape index (κ3) is 3.66. The van der Waals surface area contributed by atoms with Crippen molar-refractivity contribution in [3.8, 4) is 0 Å². The highest BCUT2D eigenvalue weighted by molar-refractivity contribution is 5.68. The summed E-state index contributed by atoms with van der Waals surface area (Å²) in [5, 5.41) is 0. The number of ether oxygens (including phenoxy) is 3. The van der Waals surface area contributed by atoms with Crippen molar-refractivity contribution in [3.63, 3.8) is 0 Å². The molecule has 2 heterocycles. The van der Waals surface area contributed by atoms with Gasteiger partial charge in [-0.3, -0.25) is 0 Å². The van der Waals surface area contributed by atoms with Crippen LogP contribution in [-0.4, -0.2) is 60.1 Å². The fourth-order valence-corrected chi connectivity index (χ4v) is 12.8. The number of nitrogens with zero attached hydrogens (tertiary/aromatic N) is 1. The van der Waals surface area contributed by atoms with Crippen LogP contribution in [0.25, 0.3) is 0 Å². The SMILES string of the molecule is CC(C)C(OC(N)=O)C1CC(C)C2C(CC3(N)C4CCC5C(C)(C)C(OC(=O)N6CCC6)CCC56CC46CCC23C)O1. The Labute approximate surface area is 252 Å². The summed E-state index contributed by atoms with van der Waals surface area (Å²) in [7, 11) is 0. The highest BCUT2D eigenvalue weighted by atomic mass is 16.6. The maximum absolute atomic E-state index is 12.8. The van der Waals surface area contributed by atoms with E-state index < -0.39 is 6.09 Å². The van der Waals surface area contributed by atoms with Crippen molar-refractivity contribution in [2.75, 3.05) is 13.1 Å². The van der Waals surface area contributed by atoms with Crippen LogP contribution in [0.5, 0.6) is 0 Å². The van der Waals surface area contributed by atoms with E-state index in [0.717, 1.165) is 58.0 Å². The Balaban J connectivity index is 1.13. The van der Waals surface area contributed by atoms with E-state index in [0.29, 0.717) is 34.5 Å². The van der Waals surface area contributed by atoms with Crippen LogP contribution in [-0.2, 0) is 14.2 Å². The molecule has 5 saturated carbocycles. The molecule has 7 fully saturated rings. The minimum Gasteiger partial charge on any atom is -0.446 e. The normalized spacial score (nSPS) is 50.7. The van der Waals surface area contributed by atoms with Crippen molar-refractivity contribution >= 4 is 12.2 Å². The number of primary amides is 1. The molecule has 7 aliphatic rings. The van der Waals surface area contributed by atoms with E-state index in [4.69, 9.17) is 25.7 Å². The van der Waals surface area contributed by atoms with Crippen molar-refractivity contribution in [1.82, 2.24) is 4.90 Å².